The van der Waals surface area contributed by atoms with Gasteiger partial charge in [-0.3, -0.25) is 4.90 Å². The van der Waals surface area contributed by atoms with E-state index >= 15 is 0 Å². The van der Waals surface area contributed by atoms with Gasteiger partial charge in [0.15, 0.2) is 0 Å². The van der Waals surface area contributed by atoms with E-state index in [1.54, 1.807) is 16.4 Å². The summed E-state index contributed by atoms with van der Waals surface area (Å²) in [6, 6.07) is 13.6. The number of halogens is 1. The van der Waals surface area contributed by atoms with Crippen LogP contribution < -0.4 is 0 Å². The third-order valence-corrected chi connectivity index (χ3v) is 8.87. The molecule has 1 aliphatic rings. The third kappa shape index (κ3) is 4.23. The fourth-order valence-corrected chi connectivity index (χ4v) is 6.93. The molecule has 0 N–H and O–H groups in total. The second-order valence-corrected chi connectivity index (χ2v) is 11.2. The molecule has 0 bridgehead atoms. The maximum atomic E-state index is 12.7. The van der Waals surface area contributed by atoms with Gasteiger partial charge in [-0.2, -0.15) is 4.31 Å². The Kier molecular flexibility index (Phi) is 5.98. The molecule has 1 aliphatic heterocycles. The smallest absolute Gasteiger partial charge is 0.252 e. The predicted molar refractivity (Wildman–Crippen MR) is 115 cm³/mol. The fraction of sp³-hybridized carbons (Fsp3) is 0.316. The molecule has 3 heterocycles. The van der Waals surface area contributed by atoms with Crippen molar-refractivity contribution in [1.82, 2.24) is 18.8 Å². The monoisotopic (exact) mass is 480 g/mol. The number of aromatic nitrogens is 2. The Balaban J connectivity index is 1.34. The molecule has 1 saturated heterocycles. The first kappa shape index (κ1) is 19.8. The lowest BCUT2D eigenvalue weighted by Gasteiger charge is -2.33. The van der Waals surface area contributed by atoms with E-state index in [2.05, 4.69) is 42.5 Å². The lowest BCUT2D eigenvalue weighted by molar-refractivity contribution is 0.183. The molecule has 4 rings (SSSR count). The molecule has 0 saturated carbocycles. The summed E-state index contributed by atoms with van der Waals surface area (Å²) in [7, 11) is -3.39. The van der Waals surface area contributed by atoms with Crippen molar-refractivity contribution >= 4 is 37.3 Å². The van der Waals surface area contributed by atoms with Crippen molar-refractivity contribution in [2.75, 3.05) is 32.7 Å². The van der Waals surface area contributed by atoms with Crippen molar-refractivity contribution in [3.8, 4) is 11.4 Å². The maximum absolute atomic E-state index is 12.7. The van der Waals surface area contributed by atoms with Crippen molar-refractivity contribution in [3.05, 3.63) is 58.6 Å². The van der Waals surface area contributed by atoms with Gasteiger partial charge in [0.25, 0.3) is 10.0 Å². The number of rotatable bonds is 6. The highest BCUT2D eigenvalue weighted by Crippen LogP contribution is 2.29. The zero-order valence-electron chi connectivity index (χ0n) is 15.2. The lowest BCUT2D eigenvalue weighted by Crippen LogP contribution is -2.49. The Morgan fingerprint density at radius 3 is 2.43 bits per heavy atom. The van der Waals surface area contributed by atoms with Gasteiger partial charge in [0.1, 0.15) is 10.0 Å². The van der Waals surface area contributed by atoms with Gasteiger partial charge in [0.2, 0.25) is 0 Å². The lowest BCUT2D eigenvalue weighted by atomic mass is 10.2. The number of imidazole rings is 1. The highest BCUT2D eigenvalue weighted by molar-refractivity contribution is 9.11. The van der Waals surface area contributed by atoms with Crippen LogP contribution in [-0.2, 0) is 16.6 Å². The van der Waals surface area contributed by atoms with Crippen LogP contribution in [0.15, 0.2) is 62.9 Å². The van der Waals surface area contributed by atoms with Gasteiger partial charge in [-0.1, -0.05) is 30.3 Å². The van der Waals surface area contributed by atoms with E-state index < -0.39 is 10.0 Å². The normalized spacial score (nSPS) is 16.5. The van der Waals surface area contributed by atoms with Gasteiger partial charge >= 0.3 is 0 Å². The van der Waals surface area contributed by atoms with E-state index in [-0.39, 0.29) is 0 Å². The highest BCUT2D eigenvalue weighted by atomic mass is 79.9. The standard InChI is InChI=1S/C19H21BrN4O2S2/c20-17-6-7-18(27-17)28(25,26)24-14-11-22(12-15-24)10-13-23-9-8-21-19(23)16-4-2-1-3-5-16/h1-9H,10-15H2. The zero-order valence-corrected chi connectivity index (χ0v) is 18.5. The van der Waals surface area contributed by atoms with E-state index in [9.17, 15) is 8.42 Å². The summed E-state index contributed by atoms with van der Waals surface area (Å²) < 4.78 is 30.5. The van der Waals surface area contributed by atoms with Gasteiger partial charge in [0.05, 0.1) is 3.79 Å². The van der Waals surface area contributed by atoms with Crippen LogP contribution >= 0.6 is 27.3 Å². The molecule has 2 aromatic heterocycles. The van der Waals surface area contributed by atoms with Gasteiger partial charge in [-0.05, 0) is 28.1 Å². The van der Waals surface area contributed by atoms with E-state index in [0.717, 1.165) is 41.4 Å². The van der Waals surface area contributed by atoms with Crippen LogP contribution in [0.1, 0.15) is 0 Å². The van der Waals surface area contributed by atoms with Gasteiger partial charge in [-0.25, -0.2) is 13.4 Å². The molecule has 0 unspecified atom stereocenters. The van der Waals surface area contributed by atoms with Crippen molar-refractivity contribution in [2.24, 2.45) is 0 Å². The number of nitrogens with zero attached hydrogens (tertiary/aromatic N) is 4. The number of piperazine rings is 1. The molecule has 9 heteroatoms. The first-order valence-electron chi connectivity index (χ1n) is 9.08. The van der Waals surface area contributed by atoms with Crippen LogP contribution in [0.3, 0.4) is 0 Å². The Bertz CT molecular complexity index is 1030. The Morgan fingerprint density at radius 2 is 1.75 bits per heavy atom. The highest BCUT2D eigenvalue weighted by Gasteiger charge is 2.29. The van der Waals surface area contributed by atoms with E-state index in [4.69, 9.17) is 0 Å². The molecule has 3 aromatic rings. The summed E-state index contributed by atoms with van der Waals surface area (Å²) >= 11 is 4.60. The number of hydrogen-bond donors (Lipinski definition) is 0. The minimum atomic E-state index is -3.39. The molecule has 1 aromatic carbocycles. The van der Waals surface area contributed by atoms with Crippen molar-refractivity contribution in [2.45, 2.75) is 10.8 Å². The van der Waals surface area contributed by atoms with Crippen molar-refractivity contribution < 1.29 is 8.42 Å². The number of hydrogen-bond acceptors (Lipinski definition) is 5. The molecule has 1 fully saturated rings. The summed E-state index contributed by atoms with van der Waals surface area (Å²) in [5.41, 5.74) is 1.10. The van der Waals surface area contributed by atoms with Crippen LogP contribution in [0, 0.1) is 0 Å². The molecule has 0 spiro atoms. The van der Waals surface area contributed by atoms with Crippen molar-refractivity contribution in [3.63, 3.8) is 0 Å². The fourth-order valence-electron chi connectivity index (χ4n) is 3.34. The minimum absolute atomic E-state index is 0.402. The molecule has 0 aliphatic carbocycles. The SMILES string of the molecule is O=S(=O)(c1ccc(Br)s1)N1CCN(CCn2ccnc2-c2ccccc2)CC1. The Labute approximate surface area is 177 Å². The molecule has 6 nitrogen and oxygen atoms in total. The minimum Gasteiger partial charge on any atom is -0.330 e. The predicted octanol–water partition coefficient (Wildman–Crippen LogP) is 3.38. The topological polar surface area (TPSA) is 58.4 Å². The van der Waals surface area contributed by atoms with Crippen molar-refractivity contribution in [1.29, 1.82) is 0 Å². The average Bonchev–Trinajstić information content (AvgIpc) is 3.36. The molecule has 28 heavy (non-hydrogen) atoms. The maximum Gasteiger partial charge on any atom is 0.252 e. The number of benzene rings is 1. The van der Waals surface area contributed by atoms with Gasteiger partial charge in [0, 0.05) is 57.2 Å². The van der Waals surface area contributed by atoms with Crippen LogP contribution in [0.25, 0.3) is 11.4 Å². The molecule has 148 valence electrons. The van der Waals surface area contributed by atoms with Crippen LogP contribution in [0.4, 0.5) is 0 Å². The first-order valence-corrected chi connectivity index (χ1v) is 12.1. The number of thiophene rings is 1. The van der Waals surface area contributed by atoms with E-state index in [1.807, 2.05) is 30.6 Å². The quantitative estimate of drug-likeness (QED) is 0.542. The van der Waals surface area contributed by atoms with Gasteiger partial charge in [-0.15, -0.1) is 11.3 Å². The Hall–Kier alpha value is -1.52. The van der Waals surface area contributed by atoms with E-state index in [1.165, 1.54) is 11.3 Å². The third-order valence-electron chi connectivity index (χ3n) is 4.88. The summed E-state index contributed by atoms with van der Waals surface area (Å²) in [6.45, 7) is 4.21. The average molecular weight is 481 g/mol. The van der Waals surface area contributed by atoms with Crippen LogP contribution in [0.5, 0.6) is 0 Å². The molecular weight excluding hydrogens is 460 g/mol. The Morgan fingerprint density at radius 1 is 1.00 bits per heavy atom. The second-order valence-electron chi connectivity index (χ2n) is 6.61. The zero-order chi connectivity index (χ0) is 19.6. The molecule has 0 amide bonds. The summed E-state index contributed by atoms with van der Waals surface area (Å²) in [6.07, 6.45) is 3.82. The van der Waals surface area contributed by atoms with E-state index in [0.29, 0.717) is 17.3 Å². The van der Waals surface area contributed by atoms with Crippen LogP contribution in [0.2, 0.25) is 0 Å². The number of sulfonamides is 1. The molecular formula is C19H21BrN4O2S2. The van der Waals surface area contributed by atoms with Crippen LogP contribution in [-0.4, -0.2) is 59.9 Å². The molecule has 0 atom stereocenters. The second kappa shape index (κ2) is 8.46. The summed E-state index contributed by atoms with van der Waals surface area (Å²) in [4.78, 5) is 6.79. The summed E-state index contributed by atoms with van der Waals surface area (Å²) in [5, 5.41) is 0. The van der Waals surface area contributed by atoms with Gasteiger partial charge < -0.3 is 4.57 Å². The molecule has 0 radical (unpaired) electrons. The largest absolute Gasteiger partial charge is 0.330 e. The first-order chi connectivity index (χ1) is 13.5. The summed E-state index contributed by atoms with van der Waals surface area (Å²) in [5.74, 6) is 0.963.